The molecule has 0 radical (unpaired) electrons. The Bertz CT molecular complexity index is 683. The molecule has 0 saturated heterocycles. The molecule has 2 aromatic rings. The number of carboxylic acid groups (broad SMARTS) is 3. The first kappa shape index (κ1) is 25.4. The van der Waals surface area contributed by atoms with Crippen molar-refractivity contribution < 1.29 is 56.5 Å². The van der Waals surface area contributed by atoms with Crippen LogP contribution in [-0.4, -0.2) is 24.5 Å². The second-order valence-corrected chi connectivity index (χ2v) is 4.18. The van der Waals surface area contributed by atoms with Gasteiger partial charge in [-0.2, -0.15) is 0 Å². The smallest absolute Gasteiger partial charge is 0.850 e. The standard InChI is InChI=1S/2C7H6NO2.C2H3O3.Ti/c2*8-6-4-2-1-3-5(6)7(9)10;3-1-2(4)5;/h2*1-4,8H,(H,9,10);1H2,(H,4,5);/q3*-1;+4/p-3. The minimum Gasteiger partial charge on any atom is -0.850 e. The van der Waals surface area contributed by atoms with E-state index in [1.54, 1.807) is 24.3 Å². The SMILES string of the molecule is O=C([O-])C[O-].[NH-]c1ccccc1C(=O)[O-].[NH-]c1ccccc1C(=O)[O-].[Ti+4]. The van der Waals surface area contributed by atoms with Crippen LogP contribution in [-0.2, 0) is 26.5 Å². The van der Waals surface area contributed by atoms with Gasteiger partial charge >= 0.3 is 21.7 Å². The Kier molecular flexibility index (Phi) is 13.1. The Morgan fingerprint density at radius 3 is 1.15 bits per heavy atom. The first-order chi connectivity index (χ1) is 11.7. The molecular weight excluding hydrogens is 380 g/mol. The van der Waals surface area contributed by atoms with Gasteiger partial charge in [0, 0.05) is 5.97 Å². The zero-order valence-electron chi connectivity index (χ0n) is 13.2. The minimum atomic E-state index is -1.55. The number of aliphatic carboxylic acids is 1. The van der Waals surface area contributed by atoms with Crippen LogP contribution in [0.5, 0.6) is 0 Å². The van der Waals surface area contributed by atoms with Gasteiger partial charge in [-0.1, -0.05) is 55.1 Å². The van der Waals surface area contributed by atoms with E-state index in [1.807, 2.05) is 0 Å². The number of nitrogens with one attached hydrogen (secondary N) is 2. The maximum absolute atomic E-state index is 10.2. The predicted molar refractivity (Wildman–Crippen MR) is 79.4 cm³/mol. The third-order valence-electron chi connectivity index (χ3n) is 2.41. The van der Waals surface area contributed by atoms with E-state index in [0.29, 0.717) is 0 Å². The number of hydrogen-bond acceptors (Lipinski definition) is 7. The summed E-state index contributed by atoms with van der Waals surface area (Å²) in [5.74, 6) is -4.15. The summed E-state index contributed by atoms with van der Waals surface area (Å²) in [7, 11) is 0. The third-order valence-corrected chi connectivity index (χ3v) is 2.41. The van der Waals surface area contributed by atoms with Crippen LogP contribution >= 0.6 is 0 Å². The van der Waals surface area contributed by atoms with E-state index in [-0.39, 0.29) is 44.2 Å². The van der Waals surface area contributed by atoms with Crippen LogP contribution in [0.4, 0.5) is 11.4 Å². The number of carbonyl (C=O) groups is 3. The van der Waals surface area contributed by atoms with Crippen LogP contribution in [0.25, 0.3) is 11.5 Å². The molecule has 2 N–H and O–H groups in total. The normalized spacial score (nSPS) is 8.50. The fraction of sp³-hybridized carbons (Fsp3) is 0.0625. The quantitative estimate of drug-likeness (QED) is 0.571. The average molecular weight is 392 g/mol. The summed E-state index contributed by atoms with van der Waals surface area (Å²) in [6, 6.07) is 11.8. The molecule has 2 aromatic carbocycles. The number of rotatable bonds is 3. The Labute approximate surface area is 163 Å². The molecule has 10 heteroatoms. The van der Waals surface area contributed by atoms with E-state index < -0.39 is 24.5 Å². The summed E-state index contributed by atoms with van der Waals surface area (Å²) in [5, 5.41) is 38.3. The van der Waals surface area contributed by atoms with Crippen molar-refractivity contribution in [2.75, 3.05) is 6.61 Å². The molecule has 134 valence electrons. The first-order valence-electron chi connectivity index (χ1n) is 6.52. The molecule has 0 atom stereocenters. The van der Waals surface area contributed by atoms with E-state index in [1.165, 1.54) is 24.3 Å². The van der Waals surface area contributed by atoms with Gasteiger partial charge in [-0.05, 0) is 11.1 Å². The maximum atomic E-state index is 10.2. The summed E-state index contributed by atoms with van der Waals surface area (Å²) >= 11 is 0. The van der Waals surface area contributed by atoms with E-state index in [9.17, 15) is 19.8 Å². The number of benzene rings is 2. The summed E-state index contributed by atoms with van der Waals surface area (Å²) in [6.45, 7) is -1.14. The molecule has 0 bridgehead atoms. The summed E-state index contributed by atoms with van der Waals surface area (Å²) in [6.07, 6.45) is 0. The van der Waals surface area contributed by atoms with Crippen LogP contribution in [0.3, 0.4) is 0 Å². The van der Waals surface area contributed by atoms with E-state index in [4.69, 9.17) is 26.5 Å². The maximum Gasteiger partial charge on any atom is 4.00 e. The van der Waals surface area contributed by atoms with Crippen molar-refractivity contribution >= 4 is 29.3 Å². The number of carbonyl (C=O) groups excluding carboxylic acids is 3. The molecule has 0 unspecified atom stereocenters. The molecule has 0 aliphatic rings. The fourth-order valence-electron chi connectivity index (χ4n) is 1.32. The molecule has 0 aliphatic heterocycles. The zero-order valence-corrected chi connectivity index (χ0v) is 14.7. The largest absolute Gasteiger partial charge is 4.00 e. The second kappa shape index (κ2) is 13.4. The van der Waals surface area contributed by atoms with Gasteiger partial charge in [-0.3, -0.25) is 0 Å². The summed E-state index contributed by atoms with van der Waals surface area (Å²) < 4.78 is 0. The Morgan fingerprint density at radius 2 is 1.00 bits per heavy atom. The monoisotopic (exact) mass is 392 g/mol. The molecule has 0 aliphatic carbocycles. The second-order valence-electron chi connectivity index (χ2n) is 4.18. The van der Waals surface area contributed by atoms with Gasteiger partial charge in [0.05, 0.1) is 11.9 Å². The molecule has 0 heterocycles. The van der Waals surface area contributed by atoms with Crippen LogP contribution in [0.1, 0.15) is 20.7 Å². The van der Waals surface area contributed by atoms with E-state index in [2.05, 4.69) is 0 Å². The molecule has 2 rings (SSSR count). The van der Waals surface area contributed by atoms with Gasteiger partial charge in [0.25, 0.3) is 0 Å². The van der Waals surface area contributed by atoms with Gasteiger partial charge in [0.1, 0.15) is 0 Å². The topological polar surface area (TPSA) is 191 Å². The van der Waals surface area contributed by atoms with Gasteiger partial charge in [0.2, 0.25) is 0 Å². The Hall–Kier alpha value is -2.88. The van der Waals surface area contributed by atoms with Gasteiger partial charge in [-0.15, -0.1) is 11.4 Å². The molecule has 26 heavy (non-hydrogen) atoms. The zero-order chi connectivity index (χ0) is 19.4. The van der Waals surface area contributed by atoms with E-state index in [0.717, 1.165) is 0 Å². The Balaban J connectivity index is 0. The van der Waals surface area contributed by atoms with Crippen molar-refractivity contribution in [2.45, 2.75) is 0 Å². The van der Waals surface area contributed by atoms with Crippen LogP contribution in [0.2, 0.25) is 0 Å². The summed E-state index contributed by atoms with van der Waals surface area (Å²) in [5.41, 5.74) is 14.0. The summed E-state index contributed by atoms with van der Waals surface area (Å²) in [4.78, 5) is 29.3. The average Bonchev–Trinajstić information content (AvgIpc) is 2.56. The van der Waals surface area contributed by atoms with Crippen LogP contribution in [0.15, 0.2) is 48.5 Å². The number of hydrogen-bond donors (Lipinski definition) is 0. The van der Waals surface area contributed by atoms with Crippen molar-refractivity contribution in [3.63, 3.8) is 0 Å². The predicted octanol–water partition coefficient (Wildman–Crippen LogP) is -1.44. The number of carboxylic acids is 3. The molecular formula is C16H12N2O7Ti-2. The van der Waals surface area contributed by atoms with Gasteiger partial charge < -0.3 is 46.3 Å². The van der Waals surface area contributed by atoms with Crippen LogP contribution < -0.4 is 20.4 Å². The fourth-order valence-corrected chi connectivity index (χ4v) is 1.32. The molecule has 0 amide bonds. The first-order valence-corrected chi connectivity index (χ1v) is 6.52. The third kappa shape index (κ3) is 10.1. The molecule has 0 aromatic heterocycles. The molecule has 0 saturated carbocycles. The molecule has 0 fully saturated rings. The van der Waals surface area contributed by atoms with E-state index >= 15 is 0 Å². The van der Waals surface area contributed by atoms with Crippen molar-refractivity contribution in [1.29, 1.82) is 0 Å². The van der Waals surface area contributed by atoms with Gasteiger partial charge in [0.15, 0.2) is 0 Å². The van der Waals surface area contributed by atoms with Crippen LogP contribution in [0, 0.1) is 0 Å². The van der Waals surface area contributed by atoms with Crippen molar-refractivity contribution in [2.24, 2.45) is 0 Å². The Morgan fingerprint density at radius 1 is 0.731 bits per heavy atom. The minimum absolute atomic E-state index is 0. The van der Waals surface area contributed by atoms with Crippen molar-refractivity contribution in [3.8, 4) is 0 Å². The van der Waals surface area contributed by atoms with Crippen molar-refractivity contribution in [3.05, 3.63) is 71.1 Å². The number of aromatic carboxylic acids is 2. The van der Waals surface area contributed by atoms with Gasteiger partial charge in [-0.25, -0.2) is 0 Å². The van der Waals surface area contributed by atoms with Crippen molar-refractivity contribution in [1.82, 2.24) is 0 Å². The molecule has 0 spiro atoms. The molecule has 9 nitrogen and oxygen atoms in total.